The molecule has 3 rings (SSSR count). The number of aliphatic carboxylic acids is 1. The summed E-state index contributed by atoms with van der Waals surface area (Å²) >= 11 is 0. The second kappa shape index (κ2) is 10.6. The van der Waals surface area contributed by atoms with Gasteiger partial charge < -0.3 is 14.4 Å². The lowest BCUT2D eigenvalue weighted by molar-refractivity contribution is -0.138. The van der Waals surface area contributed by atoms with Crippen molar-refractivity contribution >= 4 is 5.97 Å². The molecular weight excluding hydrogens is 433 g/mol. The number of alkyl halides is 3. The zero-order chi connectivity index (χ0) is 24.0. The Hall–Kier alpha value is -3.29. The zero-order valence-electron chi connectivity index (χ0n) is 18.7. The monoisotopic (exact) mass is 460 g/mol. The van der Waals surface area contributed by atoms with Gasteiger partial charge in [-0.3, -0.25) is 4.79 Å². The van der Waals surface area contributed by atoms with E-state index < -0.39 is 17.7 Å². The van der Waals surface area contributed by atoms with Crippen molar-refractivity contribution in [3.8, 4) is 17.1 Å². The van der Waals surface area contributed by atoms with Gasteiger partial charge in [0.2, 0.25) is 0 Å². The Morgan fingerprint density at radius 2 is 1.79 bits per heavy atom. The molecule has 0 fully saturated rings. The summed E-state index contributed by atoms with van der Waals surface area (Å²) in [4.78, 5) is 15.1. The second-order valence-electron chi connectivity index (χ2n) is 7.99. The van der Waals surface area contributed by atoms with Gasteiger partial charge >= 0.3 is 12.1 Å². The number of aromatic nitrogens is 2. The van der Waals surface area contributed by atoms with Gasteiger partial charge in [0.05, 0.1) is 18.7 Å². The lowest BCUT2D eigenvalue weighted by Crippen LogP contribution is -2.09. The van der Waals surface area contributed by atoms with E-state index in [4.69, 9.17) is 9.84 Å². The molecule has 2 aromatic carbocycles. The van der Waals surface area contributed by atoms with Crippen LogP contribution in [-0.2, 0) is 17.5 Å². The first-order valence-electron chi connectivity index (χ1n) is 10.8. The van der Waals surface area contributed by atoms with Crippen molar-refractivity contribution in [1.82, 2.24) is 9.55 Å². The van der Waals surface area contributed by atoms with E-state index in [1.807, 2.05) is 36.6 Å². The fraction of sp³-hybridized carbons (Fsp3) is 0.360. The van der Waals surface area contributed by atoms with Crippen LogP contribution in [0.15, 0.2) is 48.7 Å². The molecular formula is C25H27F3N2O3. The number of rotatable bonds is 10. The number of unbranched alkanes of at least 4 members (excludes halogenated alkanes) is 2. The standard InChI is InChI=1S/C25H27F3N2O3/c1-17-7-6-8-22(33-14-5-3-4-9-23(31)32)21(17)16-30-18(2)15-29-24(30)19-10-12-20(13-11-19)25(26,27)28/h6-8,10-13,15H,3-5,9,14,16H2,1-2H3,(H,31,32). The summed E-state index contributed by atoms with van der Waals surface area (Å²) < 4.78 is 46.7. The minimum atomic E-state index is -4.38. The first-order valence-corrected chi connectivity index (χ1v) is 10.8. The van der Waals surface area contributed by atoms with Crippen LogP contribution in [0.1, 0.15) is 48.1 Å². The largest absolute Gasteiger partial charge is 0.493 e. The summed E-state index contributed by atoms with van der Waals surface area (Å²) in [5.74, 6) is 0.528. The smallest absolute Gasteiger partial charge is 0.416 e. The van der Waals surface area contributed by atoms with Gasteiger partial charge in [0.25, 0.3) is 0 Å². The molecule has 0 aliphatic carbocycles. The number of nitrogens with zero attached hydrogens (tertiary/aromatic N) is 2. The minimum absolute atomic E-state index is 0.155. The number of aryl methyl sites for hydroxylation is 2. The van der Waals surface area contributed by atoms with Crippen LogP contribution >= 0.6 is 0 Å². The van der Waals surface area contributed by atoms with Crippen molar-refractivity contribution in [3.05, 3.63) is 71.0 Å². The molecule has 0 unspecified atom stereocenters. The number of carboxylic acids is 1. The van der Waals surface area contributed by atoms with Crippen LogP contribution in [0.2, 0.25) is 0 Å². The fourth-order valence-corrected chi connectivity index (χ4v) is 3.61. The summed E-state index contributed by atoms with van der Waals surface area (Å²) in [6.07, 6.45) is -0.390. The third-order valence-corrected chi connectivity index (χ3v) is 5.50. The molecule has 0 saturated carbocycles. The molecule has 5 nitrogen and oxygen atoms in total. The highest BCUT2D eigenvalue weighted by Gasteiger charge is 2.30. The highest BCUT2D eigenvalue weighted by Crippen LogP contribution is 2.32. The number of benzene rings is 2. The van der Waals surface area contributed by atoms with Crippen LogP contribution < -0.4 is 4.74 Å². The first kappa shape index (κ1) is 24.4. The Morgan fingerprint density at radius 3 is 2.45 bits per heavy atom. The maximum Gasteiger partial charge on any atom is 0.416 e. The number of halogens is 3. The molecule has 1 aromatic heterocycles. The van der Waals surface area contributed by atoms with Crippen molar-refractivity contribution < 1.29 is 27.8 Å². The van der Waals surface area contributed by atoms with Crippen LogP contribution in [0, 0.1) is 13.8 Å². The molecule has 1 N–H and O–H groups in total. The number of carbonyl (C=O) groups is 1. The Balaban J connectivity index is 1.77. The van der Waals surface area contributed by atoms with Crippen LogP contribution in [-0.4, -0.2) is 27.2 Å². The maximum absolute atomic E-state index is 12.9. The van der Waals surface area contributed by atoms with Crippen LogP contribution in [0.3, 0.4) is 0 Å². The lowest BCUT2D eigenvalue weighted by Gasteiger charge is -2.17. The van der Waals surface area contributed by atoms with Crippen LogP contribution in [0.4, 0.5) is 13.2 Å². The molecule has 33 heavy (non-hydrogen) atoms. The van der Waals surface area contributed by atoms with E-state index in [-0.39, 0.29) is 6.42 Å². The van der Waals surface area contributed by atoms with Crippen LogP contribution in [0.25, 0.3) is 11.4 Å². The Labute approximate surface area is 190 Å². The molecule has 0 spiro atoms. The molecule has 1 heterocycles. The molecule has 176 valence electrons. The summed E-state index contributed by atoms with van der Waals surface area (Å²) in [6, 6.07) is 10.8. The summed E-state index contributed by atoms with van der Waals surface area (Å²) in [5, 5.41) is 8.72. The van der Waals surface area contributed by atoms with E-state index in [9.17, 15) is 18.0 Å². The summed E-state index contributed by atoms with van der Waals surface area (Å²) in [6.45, 7) is 4.83. The second-order valence-corrected chi connectivity index (χ2v) is 7.99. The van der Waals surface area contributed by atoms with Gasteiger partial charge in [-0.15, -0.1) is 0 Å². The molecule has 8 heteroatoms. The number of hydrogen-bond donors (Lipinski definition) is 1. The Bertz CT molecular complexity index is 1090. The van der Waals surface area contributed by atoms with E-state index in [0.29, 0.717) is 31.0 Å². The molecule has 0 bridgehead atoms. The summed E-state index contributed by atoms with van der Waals surface area (Å²) in [5.41, 5.74) is 2.79. The molecule has 0 aliphatic rings. The van der Waals surface area contributed by atoms with E-state index in [1.54, 1.807) is 6.20 Å². The van der Waals surface area contributed by atoms with Gasteiger partial charge in [-0.2, -0.15) is 13.2 Å². The normalized spacial score (nSPS) is 11.5. The van der Waals surface area contributed by atoms with Crippen molar-refractivity contribution in [2.45, 2.75) is 52.3 Å². The molecule has 0 aliphatic heterocycles. The topological polar surface area (TPSA) is 64.3 Å². The van der Waals surface area contributed by atoms with Gasteiger partial charge in [-0.25, -0.2) is 4.98 Å². The van der Waals surface area contributed by atoms with Crippen molar-refractivity contribution in [1.29, 1.82) is 0 Å². The predicted octanol–water partition coefficient (Wildman–Crippen LogP) is 6.26. The maximum atomic E-state index is 12.9. The molecule has 3 aromatic rings. The highest BCUT2D eigenvalue weighted by atomic mass is 19.4. The molecule has 0 saturated heterocycles. The van der Waals surface area contributed by atoms with E-state index in [2.05, 4.69) is 4.98 Å². The van der Waals surface area contributed by atoms with E-state index in [1.165, 1.54) is 12.1 Å². The number of hydrogen-bond acceptors (Lipinski definition) is 3. The predicted molar refractivity (Wildman–Crippen MR) is 119 cm³/mol. The van der Waals surface area contributed by atoms with Gasteiger partial charge in [0.1, 0.15) is 11.6 Å². The Morgan fingerprint density at radius 1 is 1.06 bits per heavy atom. The summed E-state index contributed by atoms with van der Waals surface area (Å²) in [7, 11) is 0. The highest BCUT2D eigenvalue weighted by molar-refractivity contribution is 5.66. The number of ether oxygens (including phenoxy) is 1. The Kier molecular flexibility index (Phi) is 7.79. The van der Waals surface area contributed by atoms with Gasteiger partial charge in [0, 0.05) is 29.4 Å². The minimum Gasteiger partial charge on any atom is -0.493 e. The quantitative estimate of drug-likeness (QED) is 0.363. The SMILES string of the molecule is Cc1cccc(OCCCCCC(=O)O)c1Cn1c(C)cnc1-c1ccc(C(F)(F)F)cc1. The van der Waals surface area contributed by atoms with Crippen molar-refractivity contribution in [3.63, 3.8) is 0 Å². The molecule has 0 atom stereocenters. The number of carboxylic acid groups (broad SMARTS) is 1. The van der Waals surface area contributed by atoms with Gasteiger partial charge in [-0.1, -0.05) is 24.3 Å². The van der Waals surface area contributed by atoms with Gasteiger partial charge in [-0.05, 0) is 56.9 Å². The number of imidazole rings is 1. The average Bonchev–Trinajstić information content (AvgIpc) is 3.12. The van der Waals surface area contributed by atoms with E-state index >= 15 is 0 Å². The molecule has 0 radical (unpaired) electrons. The fourth-order valence-electron chi connectivity index (χ4n) is 3.61. The van der Waals surface area contributed by atoms with Crippen molar-refractivity contribution in [2.75, 3.05) is 6.61 Å². The molecule has 0 amide bonds. The van der Waals surface area contributed by atoms with Crippen LogP contribution in [0.5, 0.6) is 5.75 Å². The first-order chi connectivity index (χ1) is 15.7. The zero-order valence-corrected chi connectivity index (χ0v) is 18.7. The third-order valence-electron chi connectivity index (χ3n) is 5.50. The van der Waals surface area contributed by atoms with E-state index in [0.717, 1.165) is 47.5 Å². The van der Waals surface area contributed by atoms with Crippen molar-refractivity contribution in [2.24, 2.45) is 0 Å². The average molecular weight is 460 g/mol. The van der Waals surface area contributed by atoms with Gasteiger partial charge in [0.15, 0.2) is 0 Å². The third kappa shape index (κ3) is 6.37. The lowest BCUT2D eigenvalue weighted by atomic mass is 10.1.